The minimum Gasteiger partial charge on any atom is -0.305 e. The molecule has 1 aliphatic rings. The van der Waals surface area contributed by atoms with Crippen molar-refractivity contribution in [1.82, 2.24) is 5.32 Å². The highest BCUT2D eigenvalue weighted by atomic mass is 32.2. The smallest absolute Gasteiger partial charge is 0.286 e. The van der Waals surface area contributed by atoms with Gasteiger partial charge in [-0.25, -0.2) is 0 Å². The Morgan fingerprint density at radius 1 is 1.32 bits per heavy atom. The summed E-state index contributed by atoms with van der Waals surface area (Å²) in [6.07, 6.45) is 5.39. The molecule has 1 heterocycles. The third kappa shape index (κ3) is 3.93. The van der Waals surface area contributed by atoms with Gasteiger partial charge in [-0.2, -0.15) is 4.99 Å². The quantitative estimate of drug-likeness (QED) is 0.841. The molecule has 1 aromatic carbocycles. The molecule has 1 aromatic rings. The predicted octanol–water partition coefficient (Wildman–Crippen LogP) is 2.35. The van der Waals surface area contributed by atoms with Gasteiger partial charge in [-0.15, -0.1) is 0 Å². The number of amidine groups is 1. The van der Waals surface area contributed by atoms with E-state index in [0.717, 1.165) is 17.3 Å². The van der Waals surface area contributed by atoms with Crippen LogP contribution in [0.25, 0.3) is 6.08 Å². The summed E-state index contributed by atoms with van der Waals surface area (Å²) in [5.41, 5.74) is 1.05. The Kier molecular flexibility index (Phi) is 4.30. The largest absolute Gasteiger partial charge is 0.305 e. The number of carbonyl (C=O) groups is 2. The number of hydrogen-bond acceptors (Lipinski definition) is 3. The number of nitrogens with zero attached hydrogens (tertiary/aromatic N) is 1. The van der Waals surface area contributed by atoms with Gasteiger partial charge < -0.3 is 5.32 Å². The lowest BCUT2D eigenvalue weighted by Gasteiger charge is -1.96. The lowest BCUT2D eigenvalue weighted by atomic mass is 10.2. The van der Waals surface area contributed by atoms with Gasteiger partial charge >= 0.3 is 0 Å². The Balaban J connectivity index is 2.01. The Morgan fingerprint density at radius 2 is 2.05 bits per heavy atom. The number of aliphatic imine (C=N–C) groups is 1. The molecule has 0 spiro atoms. The molecule has 0 aliphatic carbocycles. The maximum atomic E-state index is 11.5. The van der Waals surface area contributed by atoms with Crippen molar-refractivity contribution in [3.05, 3.63) is 53.0 Å². The fourth-order valence-electron chi connectivity index (χ4n) is 1.44. The average molecular weight is 272 g/mol. The van der Waals surface area contributed by atoms with Gasteiger partial charge in [0.1, 0.15) is 0 Å². The van der Waals surface area contributed by atoms with Crippen molar-refractivity contribution >= 4 is 34.8 Å². The SMILES string of the molecule is CC(=O)NC1=NC(=O)/C(=C\C=C\c2ccccc2)S1. The Bertz CT molecular complexity index is 589. The lowest BCUT2D eigenvalue weighted by Crippen LogP contribution is -2.23. The minimum atomic E-state index is -0.327. The van der Waals surface area contributed by atoms with Crippen LogP contribution < -0.4 is 5.32 Å². The molecule has 0 bridgehead atoms. The summed E-state index contributed by atoms with van der Waals surface area (Å²) >= 11 is 1.16. The van der Waals surface area contributed by atoms with Crippen LogP contribution in [0.5, 0.6) is 0 Å². The summed E-state index contributed by atoms with van der Waals surface area (Å²) in [5.74, 6) is -0.563. The molecule has 1 aliphatic heterocycles. The maximum Gasteiger partial charge on any atom is 0.286 e. The lowest BCUT2D eigenvalue weighted by molar-refractivity contribution is -0.117. The molecular weight excluding hydrogens is 260 g/mol. The van der Waals surface area contributed by atoms with Crippen molar-refractivity contribution in [2.75, 3.05) is 0 Å². The molecular formula is C14H12N2O2S. The highest BCUT2D eigenvalue weighted by Gasteiger charge is 2.21. The molecule has 19 heavy (non-hydrogen) atoms. The van der Waals surface area contributed by atoms with Crippen LogP contribution in [-0.2, 0) is 9.59 Å². The van der Waals surface area contributed by atoms with Crippen LogP contribution in [0.4, 0.5) is 0 Å². The number of amides is 2. The molecule has 1 N–H and O–H groups in total. The third-order valence-corrected chi connectivity index (χ3v) is 3.16. The molecule has 2 amide bonds. The van der Waals surface area contributed by atoms with Crippen molar-refractivity contribution in [2.24, 2.45) is 4.99 Å². The van der Waals surface area contributed by atoms with Crippen LogP contribution in [0.2, 0.25) is 0 Å². The van der Waals surface area contributed by atoms with Crippen LogP contribution in [0, 0.1) is 0 Å². The molecule has 0 unspecified atom stereocenters. The number of allylic oxidation sites excluding steroid dienone is 2. The average Bonchev–Trinajstić information content (AvgIpc) is 2.70. The normalized spacial score (nSPS) is 17.0. The number of hydrogen-bond donors (Lipinski definition) is 1. The number of rotatable bonds is 2. The Labute approximate surface area is 115 Å². The van der Waals surface area contributed by atoms with Gasteiger partial charge in [0.05, 0.1) is 4.91 Å². The number of nitrogens with one attached hydrogen (secondary N) is 1. The van der Waals surface area contributed by atoms with Gasteiger partial charge in [0.15, 0.2) is 5.17 Å². The van der Waals surface area contributed by atoms with E-state index in [0.29, 0.717) is 10.1 Å². The second-order valence-corrected chi connectivity index (χ2v) is 4.84. The molecule has 5 heteroatoms. The highest BCUT2D eigenvalue weighted by molar-refractivity contribution is 8.18. The highest BCUT2D eigenvalue weighted by Crippen LogP contribution is 2.25. The second-order valence-electron chi connectivity index (χ2n) is 3.81. The number of carbonyl (C=O) groups excluding carboxylic acids is 2. The van der Waals surface area contributed by atoms with Crippen molar-refractivity contribution < 1.29 is 9.59 Å². The third-order valence-electron chi connectivity index (χ3n) is 2.24. The first-order valence-electron chi connectivity index (χ1n) is 5.67. The molecule has 0 saturated carbocycles. The van der Waals surface area contributed by atoms with Gasteiger partial charge in [0, 0.05) is 6.92 Å². The van der Waals surface area contributed by atoms with Gasteiger partial charge in [0.25, 0.3) is 5.91 Å². The first kappa shape index (κ1) is 13.3. The Morgan fingerprint density at radius 3 is 2.74 bits per heavy atom. The standard InChI is InChI=1S/C14H12N2O2S/c1-10(17)15-14-16-13(18)12(19-14)9-5-8-11-6-3-2-4-7-11/h2-9H,1H3,(H,15,16,17,18)/b8-5+,12-9+. The zero-order chi connectivity index (χ0) is 13.7. The minimum absolute atomic E-state index is 0.236. The van der Waals surface area contributed by atoms with Crippen LogP contribution in [0.1, 0.15) is 12.5 Å². The van der Waals surface area contributed by atoms with Crippen LogP contribution >= 0.6 is 11.8 Å². The summed E-state index contributed by atoms with van der Waals surface area (Å²) in [6, 6.07) is 9.77. The topological polar surface area (TPSA) is 58.5 Å². The summed E-state index contributed by atoms with van der Waals surface area (Å²) < 4.78 is 0. The van der Waals surface area contributed by atoms with E-state index in [1.54, 1.807) is 12.2 Å². The molecule has 0 aromatic heterocycles. The van der Waals surface area contributed by atoms with Crippen molar-refractivity contribution in [2.45, 2.75) is 6.92 Å². The van der Waals surface area contributed by atoms with E-state index in [1.807, 2.05) is 36.4 Å². The van der Waals surface area contributed by atoms with Gasteiger partial charge in [0.2, 0.25) is 5.91 Å². The zero-order valence-corrected chi connectivity index (χ0v) is 11.1. The van der Waals surface area contributed by atoms with Gasteiger partial charge in [-0.3, -0.25) is 9.59 Å². The van der Waals surface area contributed by atoms with E-state index in [1.165, 1.54) is 6.92 Å². The monoisotopic (exact) mass is 272 g/mol. The predicted molar refractivity (Wildman–Crippen MR) is 77.4 cm³/mol. The Hall–Kier alpha value is -2.14. The number of benzene rings is 1. The van der Waals surface area contributed by atoms with E-state index in [9.17, 15) is 9.59 Å². The summed E-state index contributed by atoms with van der Waals surface area (Å²) in [7, 11) is 0. The van der Waals surface area contributed by atoms with E-state index in [4.69, 9.17) is 0 Å². The fraction of sp³-hybridized carbons (Fsp3) is 0.0714. The zero-order valence-electron chi connectivity index (χ0n) is 10.3. The molecule has 2 rings (SSSR count). The van der Waals surface area contributed by atoms with E-state index in [-0.39, 0.29) is 11.8 Å². The molecule has 4 nitrogen and oxygen atoms in total. The molecule has 96 valence electrons. The maximum absolute atomic E-state index is 11.5. The van der Waals surface area contributed by atoms with Gasteiger partial charge in [-0.1, -0.05) is 42.5 Å². The summed E-state index contributed by atoms with van der Waals surface area (Å²) in [5, 5.41) is 2.83. The van der Waals surface area contributed by atoms with Crippen molar-refractivity contribution in [3.8, 4) is 0 Å². The first-order chi connectivity index (χ1) is 9.15. The molecule has 0 saturated heterocycles. The van der Waals surface area contributed by atoms with Gasteiger partial charge in [-0.05, 0) is 23.4 Å². The van der Waals surface area contributed by atoms with E-state index >= 15 is 0 Å². The van der Waals surface area contributed by atoms with Crippen LogP contribution in [0.3, 0.4) is 0 Å². The fourth-order valence-corrected chi connectivity index (χ4v) is 2.25. The molecule has 0 atom stereocenters. The van der Waals surface area contributed by atoms with Crippen molar-refractivity contribution in [1.29, 1.82) is 0 Å². The van der Waals surface area contributed by atoms with Crippen LogP contribution in [0.15, 0.2) is 52.4 Å². The van der Waals surface area contributed by atoms with Crippen molar-refractivity contribution in [3.63, 3.8) is 0 Å². The van der Waals surface area contributed by atoms with Crippen LogP contribution in [-0.4, -0.2) is 17.0 Å². The van der Waals surface area contributed by atoms with E-state index in [2.05, 4.69) is 10.3 Å². The number of thioether (sulfide) groups is 1. The molecule has 0 radical (unpaired) electrons. The summed E-state index contributed by atoms with van der Waals surface area (Å²) in [4.78, 5) is 26.6. The van der Waals surface area contributed by atoms with E-state index < -0.39 is 0 Å². The second kappa shape index (κ2) is 6.15. The summed E-state index contributed by atoms with van der Waals surface area (Å²) in [6.45, 7) is 1.38. The molecule has 0 fully saturated rings. The first-order valence-corrected chi connectivity index (χ1v) is 6.48.